The minimum atomic E-state index is -3.59. The lowest BCUT2D eigenvalue weighted by molar-refractivity contribution is -0.120. The van der Waals surface area contributed by atoms with E-state index in [0.29, 0.717) is 19.7 Å². The van der Waals surface area contributed by atoms with Crippen molar-refractivity contribution >= 4 is 15.9 Å². The van der Waals surface area contributed by atoms with Gasteiger partial charge in [-0.15, -0.1) is 0 Å². The van der Waals surface area contributed by atoms with Gasteiger partial charge in [0.2, 0.25) is 15.9 Å². The summed E-state index contributed by atoms with van der Waals surface area (Å²) in [6.45, 7) is 6.33. The lowest BCUT2D eigenvalue weighted by atomic mass is 10.1. The summed E-state index contributed by atoms with van der Waals surface area (Å²) >= 11 is 0. The first kappa shape index (κ1) is 20.6. The minimum absolute atomic E-state index is 0.0677. The van der Waals surface area contributed by atoms with E-state index in [-0.39, 0.29) is 23.8 Å². The first-order valence-corrected chi connectivity index (χ1v) is 9.38. The second-order valence-electron chi connectivity index (χ2n) is 5.49. The predicted octanol–water partition coefficient (Wildman–Crippen LogP) is 0.324. The number of benzene rings is 1. The summed E-state index contributed by atoms with van der Waals surface area (Å²) in [5, 5.41) is 5.83. The first-order chi connectivity index (χ1) is 11.4. The van der Waals surface area contributed by atoms with Crippen LogP contribution in [0.1, 0.15) is 17.5 Å². The fraction of sp³-hybridized carbons (Fsp3) is 0.562. The van der Waals surface area contributed by atoms with Crippen LogP contribution in [0.15, 0.2) is 23.1 Å². The monoisotopic (exact) mass is 357 g/mol. The normalized spacial score (nSPS) is 11.5. The topological polar surface area (TPSA) is 96.5 Å². The van der Waals surface area contributed by atoms with Crippen molar-refractivity contribution in [1.29, 1.82) is 0 Å². The quantitative estimate of drug-likeness (QED) is 0.496. The molecule has 0 saturated heterocycles. The number of hydrogen-bond donors (Lipinski definition) is 3. The molecule has 3 N–H and O–H groups in total. The van der Waals surface area contributed by atoms with Crippen molar-refractivity contribution in [2.75, 3.05) is 39.9 Å². The first-order valence-electron chi connectivity index (χ1n) is 7.90. The molecular formula is C16H27N3O4S. The summed E-state index contributed by atoms with van der Waals surface area (Å²) in [5.74, 6) is -0.189. The number of sulfonamides is 1. The Labute approximate surface area is 144 Å². The smallest absolute Gasteiger partial charge is 0.240 e. The molecule has 0 aromatic heterocycles. The van der Waals surface area contributed by atoms with E-state index in [1.807, 2.05) is 13.8 Å². The third-order valence-electron chi connectivity index (χ3n) is 3.54. The van der Waals surface area contributed by atoms with Crippen LogP contribution in [0.2, 0.25) is 0 Å². The molecule has 0 aliphatic carbocycles. The average Bonchev–Trinajstić information content (AvgIpc) is 2.53. The fourth-order valence-corrected chi connectivity index (χ4v) is 3.06. The van der Waals surface area contributed by atoms with Crippen LogP contribution in [0, 0.1) is 13.8 Å². The van der Waals surface area contributed by atoms with Crippen LogP contribution in [0.25, 0.3) is 0 Å². The van der Waals surface area contributed by atoms with Crippen molar-refractivity contribution < 1.29 is 17.9 Å². The highest BCUT2D eigenvalue weighted by Gasteiger charge is 2.14. The Morgan fingerprint density at radius 1 is 1.08 bits per heavy atom. The van der Waals surface area contributed by atoms with E-state index in [2.05, 4.69) is 15.4 Å². The third-order valence-corrected chi connectivity index (χ3v) is 5.00. The van der Waals surface area contributed by atoms with Gasteiger partial charge in [-0.1, -0.05) is 6.07 Å². The van der Waals surface area contributed by atoms with Crippen LogP contribution >= 0.6 is 0 Å². The molecular weight excluding hydrogens is 330 g/mol. The number of amides is 1. The lowest BCUT2D eigenvalue weighted by Crippen LogP contribution is -2.35. The maximum Gasteiger partial charge on any atom is 0.240 e. The van der Waals surface area contributed by atoms with Crippen LogP contribution in [0.5, 0.6) is 0 Å². The van der Waals surface area contributed by atoms with E-state index in [1.165, 1.54) is 0 Å². The molecule has 1 rings (SSSR count). The maximum absolute atomic E-state index is 12.2. The second kappa shape index (κ2) is 10.4. The SMILES string of the molecule is COCCNCCNC(=O)CCNS(=O)(=O)c1ccc(C)c(C)c1. The van der Waals surface area contributed by atoms with Gasteiger partial charge in [0.15, 0.2) is 0 Å². The largest absolute Gasteiger partial charge is 0.383 e. The summed E-state index contributed by atoms with van der Waals surface area (Å²) < 4.78 is 31.7. The summed E-state index contributed by atoms with van der Waals surface area (Å²) in [4.78, 5) is 11.9. The number of carbonyl (C=O) groups is 1. The Bertz CT molecular complexity index is 632. The number of hydrogen-bond acceptors (Lipinski definition) is 5. The number of methoxy groups -OCH3 is 1. The highest BCUT2D eigenvalue weighted by molar-refractivity contribution is 7.89. The van der Waals surface area contributed by atoms with Crippen LogP contribution in [-0.4, -0.2) is 54.2 Å². The highest BCUT2D eigenvalue weighted by atomic mass is 32.2. The number of nitrogens with one attached hydrogen (secondary N) is 3. The van der Waals surface area contributed by atoms with E-state index < -0.39 is 10.0 Å². The fourth-order valence-electron chi connectivity index (χ4n) is 1.94. The molecule has 7 nitrogen and oxygen atoms in total. The molecule has 0 heterocycles. The standard InChI is InChI=1S/C16H27N3O4S/c1-13-4-5-15(12-14(13)2)24(21,22)19-7-6-16(20)18-9-8-17-10-11-23-3/h4-5,12,17,19H,6-11H2,1-3H3,(H,18,20). The van der Waals surface area contributed by atoms with Crippen molar-refractivity contribution in [1.82, 2.24) is 15.4 Å². The van der Waals surface area contributed by atoms with Crippen molar-refractivity contribution in [2.24, 2.45) is 0 Å². The molecule has 24 heavy (non-hydrogen) atoms. The number of aryl methyl sites for hydroxylation is 2. The number of carbonyl (C=O) groups excluding carboxylic acids is 1. The summed E-state index contributed by atoms with van der Waals surface area (Å²) in [6, 6.07) is 4.97. The third kappa shape index (κ3) is 7.39. The molecule has 1 aromatic carbocycles. The molecule has 0 unspecified atom stereocenters. The van der Waals surface area contributed by atoms with E-state index in [9.17, 15) is 13.2 Å². The zero-order valence-electron chi connectivity index (χ0n) is 14.5. The van der Waals surface area contributed by atoms with Crippen molar-refractivity contribution in [3.8, 4) is 0 Å². The molecule has 0 radical (unpaired) electrons. The zero-order chi connectivity index (χ0) is 18.0. The van der Waals surface area contributed by atoms with E-state index in [4.69, 9.17) is 4.74 Å². The second-order valence-corrected chi connectivity index (χ2v) is 7.25. The molecule has 0 saturated carbocycles. The summed E-state index contributed by atoms with van der Waals surface area (Å²) in [5.41, 5.74) is 1.95. The van der Waals surface area contributed by atoms with Crippen LogP contribution < -0.4 is 15.4 Å². The van der Waals surface area contributed by atoms with Crippen LogP contribution in [0.4, 0.5) is 0 Å². The predicted molar refractivity (Wildman–Crippen MR) is 93.5 cm³/mol. The van der Waals surface area contributed by atoms with Crippen LogP contribution in [0.3, 0.4) is 0 Å². The minimum Gasteiger partial charge on any atom is -0.383 e. The number of rotatable bonds is 11. The van der Waals surface area contributed by atoms with Gasteiger partial charge in [-0.25, -0.2) is 13.1 Å². The molecule has 0 fully saturated rings. The molecule has 0 bridgehead atoms. The van der Waals surface area contributed by atoms with Gasteiger partial charge < -0.3 is 15.4 Å². The Balaban J connectivity index is 2.30. The van der Waals surface area contributed by atoms with Gasteiger partial charge in [0.25, 0.3) is 0 Å². The Hall–Kier alpha value is -1.48. The molecule has 8 heteroatoms. The zero-order valence-corrected chi connectivity index (χ0v) is 15.3. The molecule has 0 aliphatic heterocycles. The Kier molecular flexibility index (Phi) is 8.91. The van der Waals surface area contributed by atoms with Gasteiger partial charge in [0, 0.05) is 39.7 Å². The van der Waals surface area contributed by atoms with Crippen LogP contribution in [-0.2, 0) is 19.6 Å². The van der Waals surface area contributed by atoms with Crippen molar-refractivity contribution in [3.05, 3.63) is 29.3 Å². The van der Waals surface area contributed by atoms with Gasteiger partial charge in [-0.2, -0.15) is 0 Å². The molecule has 0 spiro atoms. The van der Waals surface area contributed by atoms with E-state index >= 15 is 0 Å². The van der Waals surface area contributed by atoms with Gasteiger partial charge in [-0.05, 0) is 37.1 Å². The van der Waals surface area contributed by atoms with Crippen molar-refractivity contribution in [3.63, 3.8) is 0 Å². The van der Waals surface area contributed by atoms with Gasteiger partial charge in [0.1, 0.15) is 0 Å². The summed E-state index contributed by atoms with van der Waals surface area (Å²) in [6.07, 6.45) is 0.0993. The number of ether oxygens (including phenoxy) is 1. The highest BCUT2D eigenvalue weighted by Crippen LogP contribution is 2.14. The van der Waals surface area contributed by atoms with E-state index in [0.717, 1.165) is 17.7 Å². The molecule has 1 aromatic rings. The van der Waals surface area contributed by atoms with Gasteiger partial charge >= 0.3 is 0 Å². The average molecular weight is 357 g/mol. The van der Waals surface area contributed by atoms with Gasteiger partial charge in [0.05, 0.1) is 11.5 Å². The van der Waals surface area contributed by atoms with Gasteiger partial charge in [-0.3, -0.25) is 4.79 Å². The molecule has 0 atom stereocenters. The maximum atomic E-state index is 12.2. The molecule has 0 aliphatic rings. The molecule has 1 amide bonds. The lowest BCUT2D eigenvalue weighted by Gasteiger charge is -2.09. The Morgan fingerprint density at radius 3 is 2.50 bits per heavy atom. The molecule has 136 valence electrons. The van der Waals surface area contributed by atoms with E-state index in [1.54, 1.807) is 25.3 Å². The summed E-state index contributed by atoms with van der Waals surface area (Å²) in [7, 11) is -1.96. The Morgan fingerprint density at radius 2 is 1.83 bits per heavy atom. The van der Waals surface area contributed by atoms with Crippen molar-refractivity contribution in [2.45, 2.75) is 25.2 Å².